The molecule has 0 spiro atoms. The normalized spacial score (nSPS) is 17.8. The molecule has 0 aliphatic heterocycles. The number of anilines is 1. The maximum Gasteiger partial charge on any atom is 0.244 e. The van der Waals surface area contributed by atoms with Crippen molar-refractivity contribution in [2.45, 2.75) is 43.2 Å². The molecular formula is C19H22FN3O3S. The zero-order valence-electron chi connectivity index (χ0n) is 14.9. The first-order chi connectivity index (χ1) is 12.8. The third-order valence-electron chi connectivity index (χ3n) is 4.65. The number of carbonyl (C=O) groups is 1. The van der Waals surface area contributed by atoms with Crippen LogP contribution in [-0.2, 0) is 21.2 Å². The van der Waals surface area contributed by atoms with E-state index in [1.54, 1.807) is 6.07 Å². The van der Waals surface area contributed by atoms with Crippen molar-refractivity contribution in [2.75, 3.05) is 5.73 Å². The van der Waals surface area contributed by atoms with Gasteiger partial charge in [-0.2, -0.15) is 4.72 Å². The average Bonchev–Trinajstić information content (AvgIpc) is 2.61. The molecule has 0 bridgehead atoms. The molecule has 2 unspecified atom stereocenters. The number of nitrogen functional groups attached to an aromatic ring is 1. The average molecular weight is 391 g/mol. The number of nitrogens with one attached hydrogen (secondary N) is 2. The maximum absolute atomic E-state index is 13.8. The lowest BCUT2D eigenvalue weighted by Crippen LogP contribution is -2.46. The van der Waals surface area contributed by atoms with Crippen molar-refractivity contribution in [3.05, 3.63) is 59.4 Å². The van der Waals surface area contributed by atoms with E-state index >= 15 is 0 Å². The highest BCUT2D eigenvalue weighted by atomic mass is 32.2. The summed E-state index contributed by atoms with van der Waals surface area (Å²) in [6.45, 7) is 1.43. The first kappa shape index (κ1) is 19.3. The zero-order chi connectivity index (χ0) is 19.6. The first-order valence-electron chi connectivity index (χ1n) is 8.73. The number of hydrogen-bond donors (Lipinski definition) is 3. The Morgan fingerprint density at radius 1 is 1.26 bits per heavy atom. The fraction of sp³-hybridized carbons (Fsp3) is 0.316. The highest BCUT2D eigenvalue weighted by Crippen LogP contribution is 2.31. The number of aryl methyl sites for hydroxylation is 1. The van der Waals surface area contributed by atoms with Crippen molar-refractivity contribution in [3.63, 3.8) is 0 Å². The van der Waals surface area contributed by atoms with Crippen LogP contribution in [0.5, 0.6) is 0 Å². The summed E-state index contributed by atoms with van der Waals surface area (Å²) in [5, 5.41) is 2.88. The summed E-state index contributed by atoms with van der Waals surface area (Å²) in [6, 6.07) is 9.36. The summed E-state index contributed by atoms with van der Waals surface area (Å²) in [4.78, 5) is 12.0. The molecule has 1 aliphatic rings. The Kier molecular flexibility index (Phi) is 5.48. The van der Waals surface area contributed by atoms with E-state index in [1.807, 2.05) is 12.1 Å². The molecule has 0 radical (unpaired) electrons. The van der Waals surface area contributed by atoms with E-state index in [0.717, 1.165) is 42.5 Å². The highest BCUT2D eigenvalue weighted by molar-refractivity contribution is 7.89. The van der Waals surface area contributed by atoms with E-state index in [0.29, 0.717) is 5.69 Å². The van der Waals surface area contributed by atoms with Crippen molar-refractivity contribution in [3.8, 4) is 0 Å². The molecule has 3 rings (SSSR count). The summed E-state index contributed by atoms with van der Waals surface area (Å²) in [5.41, 5.74) is 8.57. The minimum Gasteiger partial charge on any atom is -0.399 e. The Morgan fingerprint density at radius 3 is 2.74 bits per heavy atom. The molecule has 1 amide bonds. The van der Waals surface area contributed by atoms with Crippen LogP contribution in [0.4, 0.5) is 10.1 Å². The molecule has 4 N–H and O–H groups in total. The standard InChI is InChI=1S/C19H22FN3O3S/c1-12(23-27(25,26)18-8-3-2-6-16(18)20)19(24)22-17-7-4-5-13-11-14(21)9-10-15(13)17/h2-3,6,8-12,17,23H,4-5,7,21H2,1H3,(H,22,24). The third-order valence-corrected chi connectivity index (χ3v) is 6.22. The number of halogens is 1. The van der Waals surface area contributed by atoms with Gasteiger partial charge in [0.2, 0.25) is 15.9 Å². The van der Waals surface area contributed by atoms with Gasteiger partial charge in [0.1, 0.15) is 10.7 Å². The van der Waals surface area contributed by atoms with Crippen LogP contribution in [0.25, 0.3) is 0 Å². The van der Waals surface area contributed by atoms with Gasteiger partial charge >= 0.3 is 0 Å². The number of amides is 1. The topological polar surface area (TPSA) is 101 Å². The lowest BCUT2D eigenvalue weighted by Gasteiger charge is -2.28. The van der Waals surface area contributed by atoms with Crippen LogP contribution in [0.15, 0.2) is 47.4 Å². The Labute approximate surface area is 158 Å². The van der Waals surface area contributed by atoms with E-state index in [1.165, 1.54) is 19.1 Å². The van der Waals surface area contributed by atoms with Crippen LogP contribution < -0.4 is 15.8 Å². The van der Waals surface area contributed by atoms with Gasteiger partial charge in [-0.25, -0.2) is 12.8 Å². The third kappa shape index (κ3) is 4.28. The van der Waals surface area contributed by atoms with Gasteiger partial charge in [-0.15, -0.1) is 0 Å². The lowest BCUT2D eigenvalue weighted by atomic mass is 9.87. The minimum atomic E-state index is -4.14. The second-order valence-corrected chi connectivity index (χ2v) is 8.37. The van der Waals surface area contributed by atoms with Gasteiger partial charge in [0.15, 0.2) is 0 Å². The molecule has 0 heterocycles. The fourth-order valence-corrected chi connectivity index (χ4v) is 4.58. The van der Waals surface area contributed by atoms with Crippen LogP contribution in [0, 0.1) is 5.82 Å². The van der Waals surface area contributed by atoms with Crippen molar-refractivity contribution >= 4 is 21.6 Å². The van der Waals surface area contributed by atoms with Gasteiger partial charge < -0.3 is 11.1 Å². The SMILES string of the molecule is CC(NS(=O)(=O)c1ccccc1F)C(=O)NC1CCCc2cc(N)ccc21. The smallest absolute Gasteiger partial charge is 0.244 e. The van der Waals surface area contributed by atoms with Gasteiger partial charge in [0.25, 0.3) is 0 Å². The van der Waals surface area contributed by atoms with E-state index in [9.17, 15) is 17.6 Å². The molecule has 0 saturated carbocycles. The van der Waals surface area contributed by atoms with Crippen LogP contribution in [0.1, 0.15) is 36.9 Å². The van der Waals surface area contributed by atoms with Crippen LogP contribution in [-0.4, -0.2) is 20.4 Å². The predicted molar refractivity (Wildman–Crippen MR) is 101 cm³/mol. The van der Waals surface area contributed by atoms with Gasteiger partial charge in [-0.3, -0.25) is 4.79 Å². The molecular weight excluding hydrogens is 369 g/mol. The van der Waals surface area contributed by atoms with Crippen molar-refractivity contribution in [2.24, 2.45) is 0 Å². The summed E-state index contributed by atoms with van der Waals surface area (Å²) >= 11 is 0. The van der Waals surface area contributed by atoms with Gasteiger partial charge in [0, 0.05) is 5.69 Å². The summed E-state index contributed by atoms with van der Waals surface area (Å²) in [7, 11) is -4.14. The molecule has 0 fully saturated rings. The zero-order valence-corrected chi connectivity index (χ0v) is 15.7. The van der Waals surface area contributed by atoms with E-state index in [2.05, 4.69) is 10.0 Å². The molecule has 2 aromatic carbocycles. The molecule has 8 heteroatoms. The van der Waals surface area contributed by atoms with E-state index in [4.69, 9.17) is 5.73 Å². The summed E-state index contributed by atoms with van der Waals surface area (Å²) in [5.74, 6) is -1.33. The summed E-state index contributed by atoms with van der Waals surface area (Å²) in [6.07, 6.45) is 2.55. The molecule has 2 atom stereocenters. The highest BCUT2D eigenvalue weighted by Gasteiger charge is 2.27. The quantitative estimate of drug-likeness (QED) is 0.681. The minimum absolute atomic E-state index is 0.206. The van der Waals surface area contributed by atoms with Crippen molar-refractivity contribution in [1.29, 1.82) is 0 Å². The molecule has 27 heavy (non-hydrogen) atoms. The number of sulfonamides is 1. The van der Waals surface area contributed by atoms with Crippen LogP contribution >= 0.6 is 0 Å². The Hall–Kier alpha value is -2.45. The summed E-state index contributed by atoms with van der Waals surface area (Å²) < 4.78 is 40.7. The Balaban J connectivity index is 1.71. The number of rotatable bonds is 5. The number of hydrogen-bond acceptors (Lipinski definition) is 4. The monoisotopic (exact) mass is 391 g/mol. The van der Waals surface area contributed by atoms with Crippen LogP contribution in [0.3, 0.4) is 0 Å². The predicted octanol–water partition coefficient (Wildman–Crippen LogP) is 2.27. The first-order valence-corrected chi connectivity index (χ1v) is 10.2. The second kappa shape index (κ2) is 7.66. The second-order valence-electron chi connectivity index (χ2n) is 6.69. The van der Waals surface area contributed by atoms with Crippen molar-refractivity contribution < 1.29 is 17.6 Å². The number of benzene rings is 2. The molecule has 6 nitrogen and oxygen atoms in total. The van der Waals surface area contributed by atoms with E-state index in [-0.39, 0.29) is 6.04 Å². The molecule has 144 valence electrons. The lowest BCUT2D eigenvalue weighted by molar-refractivity contribution is -0.123. The number of carbonyl (C=O) groups excluding carboxylic acids is 1. The maximum atomic E-state index is 13.8. The van der Waals surface area contributed by atoms with Gasteiger partial charge in [-0.1, -0.05) is 18.2 Å². The number of fused-ring (bicyclic) bond motifs is 1. The van der Waals surface area contributed by atoms with Gasteiger partial charge in [0.05, 0.1) is 12.1 Å². The van der Waals surface area contributed by atoms with Crippen molar-refractivity contribution in [1.82, 2.24) is 10.0 Å². The Morgan fingerprint density at radius 2 is 2.00 bits per heavy atom. The molecule has 2 aromatic rings. The van der Waals surface area contributed by atoms with Gasteiger partial charge in [-0.05, 0) is 61.6 Å². The molecule has 1 aliphatic carbocycles. The largest absolute Gasteiger partial charge is 0.399 e. The fourth-order valence-electron chi connectivity index (χ4n) is 3.29. The molecule has 0 aromatic heterocycles. The Bertz CT molecular complexity index is 962. The number of nitrogens with two attached hydrogens (primary N) is 1. The van der Waals surface area contributed by atoms with Crippen LogP contribution in [0.2, 0.25) is 0 Å². The molecule has 0 saturated heterocycles. The van der Waals surface area contributed by atoms with E-state index < -0.39 is 32.7 Å².